The Hall–Kier alpha value is -3.98. The van der Waals surface area contributed by atoms with E-state index in [2.05, 4.69) is 15.2 Å². The summed E-state index contributed by atoms with van der Waals surface area (Å²) in [5.41, 5.74) is 1.91. The summed E-state index contributed by atoms with van der Waals surface area (Å²) < 4.78 is 7.65. The quantitative estimate of drug-likeness (QED) is 0.289. The normalized spacial score (nSPS) is 10.7. The minimum atomic E-state index is -1.08. The lowest BCUT2D eigenvalue weighted by atomic mass is 10.1. The Balaban J connectivity index is 1.69. The van der Waals surface area contributed by atoms with Crippen LogP contribution in [0.25, 0.3) is 17.1 Å². The Morgan fingerprint density at radius 3 is 2.61 bits per heavy atom. The number of Topliss-reactive ketones (excluding diaryl/α,β-unsaturated/α-hetero) is 1. The molecule has 0 aliphatic carbocycles. The van der Waals surface area contributed by atoms with E-state index in [0.29, 0.717) is 28.9 Å². The van der Waals surface area contributed by atoms with E-state index < -0.39 is 5.97 Å². The molecule has 1 N–H and O–H groups in total. The molecular formula is C24H20N4O4S. The van der Waals surface area contributed by atoms with Crippen molar-refractivity contribution in [2.24, 2.45) is 0 Å². The summed E-state index contributed by atoms with van der Waals surface area (Å²) in [6, 6.07) is 17.2. The molecule has 0 radical (unpaired) electrons. The number of hydrogen-bond acceptors (Lipinski definition) is 7. The van der Waals surface area contributed by atoms with Gasteiger partial charge in [0.1, 0.15) is 5.75 Å². The number of ether oxygens (including phenoxy) is 1. The average Bonchev–Trinajstić information content (AvgIpc) is 3.27. The number of rotatable bonds is 9. The third-order valence-electron chi connectivity index (χ3n) is 4.72. The molecule has 0 bridgehead atoms. The Morgan fingerprint density at radius 2 is 1.85 bits per heavy atom. The first kappa shape index (κ1) is 22.2. The van der Waals surface area contributed by atoms with Crippen LogP contribution in [0.4, 0.5) is 0 Å². The summed E-state index contributed by atoms with van der Waals surface area (Å²) in [6.07, 6.45) is 3.37. The van der Waals surface area contributed by atoms with Crippen molar-refractivity contribution in [3.8, 4) is 22.8 Å². The van der Waals surface area contributed by atoms with Crippen molar-refractivity contribution in [3.05, 3.63) is 84.2 Å². The van der Waals surface area contributed by atoms with Crippen LogP contribution in [0, 0.1) is 0 Å². The lowest BCUT2D eigenvalue weighted by Gasteiger charge is -2.14. The SMILES string of the molecule is CCOc1ccccc1-n1c(SCC(=O)c2cccc(C(=O)O)c2)nnc1-c1cccnc1. The fourth-order valence-electron chi connectivity index (χ4n) is 3.22. The number of carboxylic acids is 1. The van der Waals surface area contributed by atoms with Crippen molar-refractivity contribution in [1.29, 1.82) is 0 Å². The number of benzene rings is 2. The Labute approximate surface area is 194 Å². The van der Waals surface area contributed by atoms with Gasteiger partial charge in [0, 0.05) is 23.5 Å². The van der Waals surface area contributed by atoms with E-state index in [-0.39, 0.29) is 17.1 Å². The predicted octanol–water partition coefficient (Wildman–Crippen LogP) is 4.40. The fraction of sp³-hybridized carbons (Fsp3) is 0.125. The summed E-state index contributed by atoms with van der Waals surface area (Å²) in [5, 5.41) is 18.4. The largest absolute Gasteiger partial charge is 0.492 e. The molecule has 0 spiro atoms. The minimum absolute atomic E-state index is 0.0606. The van der Waals surface area contributed by atoms with Gasteiger partial charge in [0.25, 0.3) is 0 Å². The van der Waals surface area contributed by atoms with Crippen molar-refractivity contribution in [2.45, 2.75) is 12.1 Å². The summed E-state index contributed by atoms with van der Waals surface area (Å²) in [4.78, 5) is 28.2. The van der Waals surface area contributed by atoms with E-state index in [9.17, 15) is 14.7 Å². The number of ketones is 1. The standard InChI is InChI=1S/C24H20N4O4S/c1-2-32-21-11-4-3-10-19(21)28-22(18-9-6-12-25-14-18)26-27-24(28)33-15-20(29)16-7-5-8-17(13-16)23(30)31/h3-14H,2,15H2,1H3,(H,30,31). The number of carboxylic acid groups (broad SMARTS) is 1. The van der Waals surface area contributed by atoms with Gasteiger partial charge in [-0.1, -0.05) is 36.0 Å². The zero-order chi connectivity index (χ0) is 23.2. The first-order chi connectivity index (χ1) is 16.1. The second-order valence-electron chi connectivity index (χ2n) is 6.88. The monoisotopic (exact) mass is 460 g/mol. The van der Waals surface area contributed by atoms with Crippen LogP contribution in [0.5, 0.6) is 5.75 Å². The molecular weight excluding hydrogens is 440 g/mol. The van der Waals surface area contributed by atoms with Crippen LogP contribution in [0.1, 0.15) is 27.6 Å². The minimum Gasteiger partial charge on any atom is -0.492 e. The highest BCUT2D eigenvalue weighted by molar-refractivity contribution is 7.99. The zero-order valence-corrected chi connectivity index (χ0v) is 18.5. The van der Waals surface area contributed by atoms with Crippen molar-refractivity contribution in [3.63, 3.8) is 0 Å². The summed E-state index contributed by atoms with van der Waals surface area (Å²) in [7, 11) is 0. The van der Waals surface area contributed by atoms with E-state index >= 15 is 0 Å². The molecule has 4 rings (SSSR count). The number of thioether (sulfide) groups is 1. The van der Waals surface area contributed by atoms with Crippen LogP contribution in [-0.2, 0) is 0 Å². The van der Waals surface area contributed by atoms with Crippen LogP contribution >= 0.6 is 11.8 Å². The highest BCUT2D eigenvalue weighted by atomic mass is 32.2. The van der Waals surface area contributed by atoms with E-state index in [1.807, 2.05) is 47.9 Å². The van der Waals surface area contributed by atoms with Gasteiger partial charge in [-0.25, -0.2) is 4.79 Å². The molecule has 2 aromatic heterocycles. The Bertz CT molecular complexity index is 1290. The number of para-hydroxylation sites is 2. The number of carbonyl (C=O) groups is 2. The zero-order valence-electron chi connectivity index (χ0n) is 17.7. The van der Waals surface area contributed by atoms with E-state index in [0.717, 1.165) is 11.3 Å². The highest BCUT2D eigenvalue weighted by Crippen LogP contribution is 2.32. The van der Waals surface area contributed by atoms with E-state index in [4.69, 9.17) is 4.74 Å². The first-order valence-corrected chi connectivity index (χ1v) is 11.1. The van der Waals surface area contributed by atoms with Gasteiger partial charge in [0.2, 0.25) is 0 Å². The molecule has 166 valence electrons. The van der Waals surface area contributed by atoms with Gasteiger partial charge in [0.05, 0.1) is 23.6 Å². The average molecular weight is 461 g/mol. The van der Waals surface area contributed by atoms with E-state index in [1.54, 1.807) is 24.5 Å². The van der Waals surface area contributed by atoms with Crippen molar-refractivity contribution >= 4 is 23.5 Å². The van der Waals surface area contributed by atoms with Crippen molar-refractivity contribution < 1.29 is 19.4 Å². The number of pyridine rings is 1. The van der Waals surface area contributed by atoms with Gasteiger partial charge in [-0.05, 0) is 43.3 Å². The van der Waals surface area contributed by atoms with Gasteiger partial charge in [0.15, 0.2) is 16.8 Å². The van der Waals surface area contributed by atoms with Crippen LogP contribution < -0.4 is 4.74 Å². The van der Waals surface area contributed by atoms with Gasteiger partial charge < -0.3 is 9.84 Å². The van der Waals surface area contributed by atoms with Gasteiger partial charge in [-0.3, -0.25) is 14.3 Å². The summed E-state index contributed by atoms with van der Waals surface area (Å²) >= 11 is 1.22. The lowest BCUT2D eigenvalue weighted by Crippen LogP contribution is -2.07. The second-order valence-corrected chi connectivity index (χ2v) is 7.82. The molecule has 2 heterocycles. The third kappa shape index (κ3) is 4.93. The number of carbonyl (C=O) groups excluding carboxylic acids is 1. The number of aromatic carboxylic acids is 1. The number of nitrogens with zero attached hydrogens (tertiary/aromatic N) is 4. The maximum atomic E-state index is 12.8. The molecule has 4 aromatic rings. The van der Waals surface area contributed by atoms with E-state index in [1.165, 1.54) is 23.9 Å². The molecule has 0 amide bonds. The molecule has 0 atom stereocenters. The smallest absolute Gasteiger partial charge is 0.335 e. The maximum Gasteiger partial charge on any atom is 0.335 e. The van der Waals surface area contributed by atoms with Crippen LogP contribution in [-0.4, -0.2) is 49.0 Å². The Kier molecular flexibility index (Phi) is 6.80. The van der Waals surface area contributed by atoms with Crippen LogP contribution in [0.2, 0.25) is 0 Å². The van der Waals surface area contributed by atoms with Crippen LogP contribution in [0.3, 0.4) is 0 Å². The number of aromatic nitrogens is 4. The first-order valence-electron chi connectivity index (χ1n) is 10.2. The molecule has 8 nitrogen and oxygen atoms in total. The third-order valence-corrected chi connectivity index (χ3v) is 5.65. The topological polar surface area (TPSA) is 107 Å². The summed E-state index contributed by atoms with van der Waals surface area (Å²) in [5.74, 6) is 0.000112. The molecule has 0 saturated heterocycles. The highest BCUT2D eigenvalue weighted by Gasteiger charge is 2.20. The lowest BCUT2D eigenvalue weighted by molar-refractivity contribution is 0.0697. The van der Waals surface area contributed by atoms with Gasteiger partial charge in [-0.15, -0.1) is 10.2 Å². The van der Waals surface area contributed by atoms with Crippen molar-refractivity contribution in [1.82, 2.24) is 19.7 Å². The fourth-order valence-corrected chi connectivity index (χ4v) is 4.06. The molecule has 0 aliphatic rings. The molecule has 9 heteroatoms. The van der Waals surface area contributed by atoms with Crippen LogP contribution in [0.15, 0.2) is 78.2 Å². The number of hydrogen-bond donors (Lipinski definition) is 1. The van der Waals surface area contributed by atoms with Gasteiger partial charge >= 0.3 is 5.97 Å². The predicted molar refractivity (Wildman–Crippen MR) is 124 cm³/mol. The Morgan fingerprint density at radius 1 is 1.03 bits per heavy atom. The maximum absolute atomic E-state index is 12.8. The molecule has 2 aromatic carbocycles. The summed E-state index contributed by atoms with van der Waals surface area (Å²) in [6.45, 7) is 2.40. The molecule has 0 fully saturated rings. The molecule has 33 heavy (non-hydrogen) atoms. The van der Waals surface area contributed by atoms with Gasteiger partial charge in [-0.2, -0.15) is 0 Å². The second kappa shape index (κ2) is 10.1. The molecule has 0 saturated carbocycles. The molecule has 0 unspecified atom stereocenters. The molecule has 0 aliphatic heterocycles. The van der Waals surface area contributed by atoms with Crippen molar-refractivity contribution in [2.75, 3.05) is 12.4 Å².